The molecule has 0 atom stereocenters. The van der Waals surface area contributed by atoms with Crippen LogP contribution in [0.25, 0.3) is 0 Å². The predicted molar refractivity (Wildman–Crippen MR) is 38.7 cm³/mol. The molecule has 1 heterocycles. The van der Waals surface area contributed by atoms with E-state index >= 15 is 0 Å². The predicted octanol–water partition coefficient (Wildman–Crippen LogP) is 1.77. The molecule has 0 unspecified atom stereocenters. The molecule has 0 aliphatic carbocycles. The number of nitrogens with zero attached hydrogens (tertiary/aromatic N) is 1. The van der Waals surface area contributed by atoms with Crippen molar-refractivity contribution in [3.8, 4) is 0 Å². The van der Waals surface area contributed by atoms with E-state index in [1.807, 2.05) is 12.4 Å². The molecular weight excluding hydrogens is 139 g/mol. The number of nitrogens with one attached hydrogen (secondary N) is 1. The van der Waals surface area contributed by atoms with Crippen LogP contribution < -0.4 is 5.32 Å². The van der Waals surface area contributed by atoms with Crippen molar-refractivity contribution in [1.82, 2.24) is 4.98 Å². The summed E-state index contributed by atoms with van der Waals surface area (Å²) in [6.45, 7) is 0. The summed E-state index contributed by atoms with van der Waals surface area (Å²) in [5.41, 5.74) is 0. The molecule has 0 amide bonds. The second-order valence-corrected chi connectivity index (χ2v) is 1.98. The van der Waals surface area contributed by atoms with E-state index in [4.69, 9.17) is 0 Å². The highest BCUT2D eigenvalue weighted by Crippen LogP contribution is 2.07. The number of halogens is 1. The summed E-state index contributed by atoms with van der Waals surface area (Å²) < 4.78 is 9.50. The molecule has 52 valence electrons. The summed E-state index contributed by atoms with van der Waals surface area (Å²) in [5, 5.41) is 5.82. The van der Waals surface area contributed by atoms with Crippen molar-refractivity contribution in [3.05, 3.63) is 11.6 Å². The van der Waals surface area contributed by atoms with Crippen molar-refractivity contribution in [2.24, 2.45) is 0 Å². The molecule has 0 radical (unpaired) electrons. The second-order valence-electron chi connectivity index (χ2n) is 1.09. The molecule has 1 rings (SSSR count). The molecule has 2 nitrogen and oxygen atoms in total. The first-order valence-corrected chi connectivity index (χ1v) is 3.26. The number of hydrogen-bond donors (Lipinski definition) is 1. The average Bonchev–Trinajstić information content (AvgIpc) is 2.43. The summed E-state index contributed by atoms with van der Waals surface area (Å²) in [7, 11) is 2.36. The summed E-state index contributed by atoms with van der Waals surface area (Å²) in [5.74, 6) is 0. The highest BCUT2D eigenvalue weighted by molar-refractivity contribution is 7.13. The van der Waals surface area contributed by atoms with E-state index in [2.05, 4.69) is 10.3 Å². The summed E-state index contributed by atoms with van der Waals surface area (Å²) in [6.07, 6.45) is 1.77. The fourth-order valence-electron chi connectivity index (χ4n) is 0.347. The van der Waals surface area contributed by atoms with E-state index in [1.54, 1.807) is 17.5 Å². The number of aromatic nitrogens is 1. The smallest absolute Gasteiger partial charge is 0.182 e. The van der Waals surface area contributed by atoms with Gasteiger partial charge in [-0.25, -0.2) is 4.98 Å². The maximum Gasteiger partial charge on any atom is 0.182 e. The first-order chi connectivity index (χ1) is 4.43. The third-order valence-corrected chi connectivity index (χ3v) is 1.44. The van der Waals surface area contributed by atoms with Gasteiger partial charge in [-0.05, 0) is 0 Å². The van der Waals surface area contributed by atoms with Gasteiger partial charge in [0.05, 0.1) is 7.18 Å². The van der Waals surface area contributed by atoms with Gasteiger partial charge in [0.25, 0.3) is 0 Å². The minimum Gasteiger partial charge on any atom is -0.365 e. The lowest BCUT2D eigenvalue weighted by Gasteiger charge is -1.84. The molecule has 0 saturated carbocycles. The van der Waals surface area contributed by atoms with Crippen LogP contribution in [0.15, 0.2) is 11.6 Å². The highest BCUT2D eigenvalue weighted by atomic mass is 32.1. The minimum absolute atomic E-state index is 0.500. The van der Waals surface area contributed by atoms with E-state index in [-0.39, 0.29) is 0 Å². The van der Waals surface area contributed by atoms with Gasteiger partial charge in [-0.15, -0.1) is 11.3 Å². The zero-order valence-electron chi connectivity index (χ0n) is 5.39. The molecule has 0 saturated heterocycles. The molecule has 1 aromatic rings. The zero-order chi connectivity index (χ0) is 7.11. The zero-order valence-corrected chi connectivity index (χ0v) is 6.20. The van der Waals surface area contributed by atoms with Crippen LogP contribution in [-0.4, -0.2) is 19.2 Å². The van der Waals surface area contributed by atoms with Gasteiger partial charge >= 0.3 is 0 Å². The van der Waals surface area contributed by atoms with Gasteiger partial charge in [0.2, 0.25) is 0 Å². The van der Waals surface area contributed by atoms with Crippen LogP contribution in [0, 0.1) is 0 Å². The highest BCUT2D eigenvalue weighted by Gasteiger charge is 1.82. The largest absolute Gasteiger partial charge is 0.365 e. The van der Waals surface area contributed by atoms with Gasteiger partial charge < -0.3 is 5.32 Å². The van der Waals surface area contributed by atoms with Crippen LogP contribution in [0.1, 0.15) is 0 Å². The van der Waals surface area contributed by atoms with Crippen LogP contribution in [0.4, 0.5) is 9.52 Å². The minimum atomic E-state index is 0.500. The van der Waals surface area contributed by atoms with E-state index in [0.717, 1.165) is 5.13 Å². The molecule has 4 heteroatoms. The summed E-state index contributed by atoms with van der Waals surface area (Å²) in [4.78, 5) is 3.94. The second kappa shape index (κ2) is 5.50. The first-order valence-electron chi connectivity index (χ1n) is 2.38. The third kappa shape index (κ3) is 3.03. The molecule has 0 aromatic carbocycles. The molecule has 0 aliphatic heterocycles. The maximum absolute atomic E-state index is 9.50. The maximum atomic E-state index is 9.50. The molecule has 1 N–H and O–H groups in total. The number of anilines is 1. The Morgan fingerprint density at radius 3 is 2.56 bits per heavy atom. The normalized spacial score (nSPS) is 7.44. The van der Waals surface area contributed by atoms with Crippen molar-refractivity contribution < 1.29 is 4.39 Å². The van der Waals surface area contributed by atoms with Crippen LogP contribution in [-0.2, 0) is 0 Å². The Kier molecular flexibility index (Phi) is 5.11. The number of hydrogen-bond acceptors (Lipinski definition) is 3. The Bertz CT molecular complexity index is 130. The Morgan fingerprint density at radius 1 is 1.67 bits per heavy atom. The van der Waals surface area contributed by atoms with Crippen molar-refractivity contribution in [1.29, 1.82) is 0 Å². The Balaban J connectivity index is 0.000000291. The molecule has 0 spiro atoms. The van der Waals surface area contributed by atoms with E-state index in [1.165, 1.54) is 0 Å². The van der Waals surface area contributed by atoms with Crippen molar-refractivity contribution in [3.63, 3.8) is 0 Å². The van der Waals surface area contributed by atoms with Gasteiger partial charge in [-0.3, -0.25) is 4.39 Å². The van der Waals surface area contributed by atoms with E-state index < -0.39 is 0 Å². The lowest BCUT2D eigenvalue weighted by molar-refractivity contribution is 0.636. The van der Waals surface area contributed by atoms with E-state index in [9.17, 15) is 4.39 Å². The topological polar surface area (TPSA) is 24.9 Å². The van der Waals surface area contributed by atoms with E-state index in [0.29, 0.717) is 7.18 Å². The summed E-state index contributed by atoms with van der Waals surface area (Å²) in [6, 6.07) is 0. The Hall–Kier alpha value is -0.640. The molecule has 0 aliphatic rings. The van der Waals surface area contributed by atoms with Crippen LogP contribution >= 0.6 is 11.3 Å². The Labute approximate surface area is 57.7 Å². The quantitative estimate of drug-likeness (QED) is 0.656. The fraction of sp³-hybridized carbons (Fsp3) is 0.400. The fourth-order valence-corrected chi connectivity index (χ4v) is 0.837. The van der Waals surface area contributed by atoms with Crippen molar-refractivity contribution >= 4 is 16.5 Å². The monoisotopic (exact) mass is 148 g/mol. The molecule has 0 fully saturated rings. The summed E-state index contributed by atoms with van der Waals surface area (Å²) >= 11 is 1.60. The van der Waals surface area contributed by atoms with Crippen molar-refractivity contribution in [2.75, 3.05) is 19.5 Å². The molecule has 9 heavy (non-hydrogen) atoms. The molecule has 0 bridgehead atoms. The SMILES string of the molecule is CF.CNc1nccs1. The number of rotatable bonds is 1. The molecular formula is C5H9FN2S. The standard InChI is InChI=1S/C4H6N2S.CH3F/c1-5-4-6-2-3-7-4;1-2/h2-3H,1H3,(H,5,6);1H3. The third-order valence-electron chi connectivity index (χ3n) is 0.646. The average molecular weight is 148 g/mol. The number of alkyl halides is 1. The first kappa shape index (κ1) is 8.36. The van der Waals surface area contributed by atoms with Gasteiger partial charge in [0.15, 0.2) is 5.13 Å². The van der Waals surface area contributed by atoms with Gasteiger partial charge in [-0.2, -0.15) is 0 Å². The van der Waals surface area contributed by atoms with Gasteiger partial charge in [0.1, 0.15) is 0 Å². The molecule has 1 aromatic heterocycles. The van der Waals surface area contributed by atoms with Gasteiger partial charge in [-0.1, -0.05) is 0 Å². The number of thiazole rings is 1. The lowest BCUT2D eigenvalue weighted by atomic mass is 11.0. The van der Waals surface area contributed by atoms with Crippen LogP contribution in [0.3, 0.4) is 0 Å². The van der Waals surface area contributed by atoms with Crippen LogP contribution in [0.5, 0.6) is 0 Å². The van der Waals surface area contributed by atoms with Gasteiger partial charge in [0, 0.05) is 18.6 Å². The Morgan fingerprint density at radius 2 is 2.33 bits per heavy atom. The van der Waals surface area contributed by atoms with Crippen LogP contribution in [0.2, 0.25) is 0 Å². The van der Waals surface area contributed by atoms with Crippen molar-refractivity contribution in [2.45, 2.75) is 0 Å². The lowest BCUT2D eigenvalue weighted by Crippen LogP contribution is -1.83.